The molecule has 0 amide bonds. The first-order valence-corrected chi connectivity index (χ1v) is 8.85. The first kappa shape index (κ1) is 19.4. The van der Waals surface area contributed by atoms with Crippen LogP contribution in [-0.4, -0.2) is 48.2 Å². The lowest BCUT2D eigenvalue weighted by atomic mass is 10.0. The molecule has 146 valence electrons. The van der Waals surface area contributed by atoms with E-state index in [2.05, 4.69) is 14.9 Å². The van der Waals surface area contributed by atoms with Crippen LogP contribution in [0.4, 0.5) is 19.0 Å². The zero-order valence-corrected chi connectivity index (χ0v) is 15.4. The van der Waals surface area contributed by atoms with E-state index in [1.807, 2.05) is 29.2 Å². The number of hydrogen-bond donors (Lipinski definition) is 0. The Morgan fingerprint density at radius 1 is 1.26 bits per heavy atom. The van der Waals surface area contributed by atoms with Gasteiger partial charge in [0, 0.05) is 37.8 Å². The maximum absolute atomic E-state index is 12.9. The highest BCUT2D eigenvalue weighted by Gasteiger charge is 2.34. The van der Waals surface area contributed by atoms with Gasteiger partial charge in [0.25, 0.3) is 0 Å². The van der Waals surface area contributed by atoms with Gasteiger partial charge in [0.2, 0.25) is 0 Å². The molecule has 1 saturated heterocycles. The summed E-state index contributed by atoms with van der Waals surface area (Å²) in [6, 6.07) is 8.98. The number of alkyl halides is 3. The molecule has 0 bridgehead atoms. The Bertz CT molecular complexity index is 769. The highest BCUT2D eigenvalue weighted by molar-refractivity contribution is 5.40. The van der Waals surface area contributed by atoms with Crippen molar-refractivity contribution in [2.24, 2.45) is 0 Å². The molecule has 0 aliphatic carbocycles. The second-order valence-corrected chi connectivity index (χ2v) is 6.71. The summed E-state index contributed by atoms with van der Waals surface area (Å²) in [4.78, 5) is 11.5. The molecule has 8 heteroatoms. The number of likely N-dealkylation sites (N-methyl/N-ethyl adjacent to an activating group) is 1. The number of aromatic nitrogens is 2. The number of nitrogens with zero attached hydrogens (tertiary/aromatic N) is 4. The molecule has 0 N–H and O–H groups in total. The van der Waals surface area contributed by atoms with Gasteiger partial charge in [-0.15, -0.1) is 0 Å². The van der Waals surface area contributed by atoms with Gasteiger partial charge >= 0.3 is 6.18 Å². The van der Waals surface area contributed by atoms with Crippen molar-refractivity contribution in [1.82, 2.24) is 14.9 Å². The van der Waals surface area contributed by atoms with E-state index in [4.69, 9.17) is 4.74 Å². The Labute approximate surface area is 156 Å². The molecule has 1 aromatic carbocycles. The average molecular weight is 380 g/mol. The number of hydrogen-bond acceptors (Lipinski definition) is 5. The monoisotopic (exact) mass is 380 g/mol. The van der Waals surface area contributed by atoms with Crippen molar-refractivity contribution in [3.63, 3.8) is 0 Å². The molecule has 0 saturated carbocycles. The van der Waals surface area contributed by atoms with Gasteiger partial charge < -0.3 is 9.64 Å². The number of rotatable bonds is 5. The van der Waals surface area contributed by atoms with Crippen LogP contribution in [-0.2, 0) is 12.7 Å². The molecular weight excluding hydrogens is 357 g/mol. The molecule has 0 radical (unpaired) electrons. The minimum absolute atomic E-state index is 0.0874. The van der Waals surface area contributed by atoms with Crippen LogP contribution < -0.4 is 9.64 Å². The van der Waals surface area contributed by atoms with Crippen LogP contribution in [0, 0.1) is 0 Å². The number of methoxy groups -OCH3 is 1. The molecule has 5 nitrogen and oxygen atoms in total. The van der Waals surface area contributed by atoms with E-state index >= 15 is 0 Å². The van der Waals surface area contributed by atoms with Crippen molar-refractivity contribution in [3.05, 3.63) is 47.9 Å². The molecule has 3 rings (SSSR count). The maximum atomic E-state index is 12.9. The lowest BCUT2D eigenvalue weighted by molar-refractivity contribution is -0.141. The van der Waals surface area contributed by atoms with E-state index in [-0.39, 0.29) is 6.04 Å². The predicted octanol–water partition coefficient (Wildman–Crippen LogP) is 3.60. The fourth-order valence-electron chi connectivity index (χ4n) is 3.45. The minimum atomic E-state index is -4.47. The fourth-order valence-corrected chi connectivity index (χ4v) is 3.45. The molecule has 0 spiro atoms. The number of anilines is 1. The molecule has 2 heterocycles. The van der Waals surface area contributed by atoms with Crippen LogP contribution in [0.3, 0.4) is 0 Å². The highest BCUT2D eigenvalue weighted by atomic mass is 19.4. The zero-order chi connectivity index (χ0) is 19.4. The van der Waals surface area contributed by atoms with Crippen LogP contribution >= 0.6 is 0 Å². The van der Waals surface area contributed by atoms with Gasteiger partial charge in [0.15, 0.2) is 0 Å². The maximum Gasteiger partial charge on any atom is 0.433 e. The van der Waals surface area contributed by atoms with Crippen molar-refractivity contribution in [1.29, 1.82) is 0 Å². The number of para-hydroxylation sites is 1. The highest BCUT2D eigenvalue weighted by Crippen LogP contribution is 2.30. The van der Waals surface area contributed by atoms with Crippen molar-refractivity contribution in [2.45, 2.75) is 31.6 Å². The predicted molar refractivity (Wildman–Crippen MR) is 96.7 cm³/mol. The Balaban J connectivity index is 1.70. The largest absolute Gasteiger partial charge is 0.496 e. The molecular formula is C19H23F3N4O. The smallest absolute Gasteiger partial charge is 0.433 e. The lowest BCUT2D eigenvalue weighted by Gasteiger charge is -2.38. The van der Waals surface area contributed by atoms with Gasteiger partial charge in [0.05, 0.1) is 7.11 Å². The van der Waals surface area contributed by atoms with Gasteiger partial charge in [-0.1, -0.05) is 18.2 Å². The number of piperidine rings is 1. The van der Waals surface area contributed by atoms with E-state index in [0.717, 1.165) is 56.2 Å². The Hall–Kier alpha value is -2.35. The van der Waals surface area contributed by atoms with E-state index in [0.29, 0.717) is 5.82 Å². The third-order valence-electron chi connectivity index (χ3n) is 4.92. The minimum Gasteiger partial charge on any atom is -0.496 e. The van der Waals surface area contributed by atoms with Crippen molar-refractivity contribution >= 4 is 5.82 Å². The molecule has 1 atom stereocenters. The summed E-state index contributed by atoms with van der Waals surface area (Å²) in [5.74, 6) is 1.14. The molecule has 1 aliphatic heterocycles. The average Bonchev–Trinajstić information content (AvgIpc) is 2.67. The number of likely N-dealkylation sites (tertiary alicyclic amines) is 1. The molecule has 2 aromatic rings. The van der Waals surface area contributed by atoms with Crippen molar-refractivity contribution in [3.8, 4) is 5.75 Å². The second-order valence-electron chi connectivity index (χ2n) is 6.71. The number of ether oxygens (including phenoxy) is 1. The number of halogens is 3. The van der Waals surface area contributed by atoms with Gasteiger partial charge in [0.1, 0.15) is 23.6 Å². The summed E-state index contributed by atoms with van der Waals surface area (Å²) in [7, 11) is 3.44. The standard InChI is InChI=1S/C19H23F3N4O/c1-25(18-10-17(19(20,21)22)23-13-24-18)15-7-5-9-26(12-15)11-14-6-3-4-8-16(14)27-2/h3-4,6,8,10,13,15H,5,7,9,11-12H2,1-2H3. The van der Waals surface area contributed by atoms with E-state index < -0.39 is 11.9 Å². The summed E-state index contributed by atoms with van der Waals surface area (Å²) in [6.07, 6.45) is -1.61. The first-order valence-electron chi connectivity index (χ1n) is 8.85. The van der Waals surface area contributed by atoms with Crippen LogP contribution in [0.25, 0.3) is 0 Å². The third kappa shape index (κ3) is 4.68. The number of benzene rings is 1. The molecule has 1 unspecified atom stereocenters. The summed E-state index contributed by atoms with van der Waals surface area (Å²) < 4.78 is 44.2. The van der Waals surface area contributed by atoms with Crippen molar-refractivity contribution in [2.75, 3.05) is 32.1 Å². The van der Waals surface area contributed by atoms with E-state index in [1.165, 1.54) is 0 Å². The van der Waals surface area contributed by atoms with E-state index in [9.17, 15) is 13.2 Å². The molecule has 27 heavy (non-hydrogen) atoms. The summed E-state index contributed by atoms with van der Waals surface area (Å²) in [5, 5.41) is 0. The van der Waals surface area contributed by atoms with Crippen LogP contribution in [0.1, 0.15) is 24.1 Å². The Kier molecular flexibility index (Phi) is 5.84. The lowest BCUT2D eigenvalue weighted by Crippen LogP contribution is -2.46. The topological polar surface area (TPSA) is 41.5 Å². The second kappa shape index (κ2) is 8.12. The van der Waals surface area contributed by atoms with Crippen LogP contribution in [0.5, 0.6) is 5.75 Å². The molecule has 1 aromatic heterocycles. The van der Waals surface area contributed by atoms with E-state index in [1.54, 1.807) is 14.2 Å². The quantitative estimate of drug-likeness (QED) is 0.793. The normalized spacial score (nSPS) is 18.3. The van der Waals surface area contributed by atoms with Gasteiger partial charge in [-0.25, -0.2) is 9.97 Å². The molecule has 1 fully saturated rings. The van der Waals surface area contributed by atoms with Gasteiger partial charge in [-0.05, 0) is 25.5 Å². The van der Waals surface area contributed by atoms with Gasteiger partial charge in [-0.3, -0.25) is 4.90 Å². The zero-order valence-electron chi connectivity index (χ0n) is 15.4. The van der Waals surface area contributed by atoms with Crippen LogP contribution in [0.2, 0.25) is 0 Å². The Morgan fingerprint density at radius 3 is 2.78 bits per heavy atom. The first-order chi connectivity index (χ1) is 12.9. The summed E-state index contributed by atoms with van der Waals surface area (Å²) >= 11 is 0. The fraction of sp³-hybridized carbons (Fsp3) is 0.474. The third-order valence-corrected chi connectivity index (χ3v) is 4.92. The summed E-state index contributed by atoms with van der Waals surface area (Å²) in [6.45, 7) is 2.44. The SMILES string of the molecule is COc1ccccc1CN1CCCC(N(C)c2cc(C(F)(F)F)ncn2)C1. The van der Waals surface area contributed by atoms with Crippen LogP contribution in [0.15, 0.2) is 36.7 Å². The molecule has 1 aliphatic rings. The van der Waals surface area contributed by atoms with Crippen molar-refractivity contribution < 1.29 is 17.9 Å². The van der Waals surface area contributed by atoms with Gasteiger partial charge in [-0.2, -0.15) is 13.2 Å². The Morgan fingerprint density at radius 2 is 2.04 bits per heavy atom. The summed E-state index contributed by atoms with van der Waals surface area (Å²) in [5.41, 5.74) is 0.186.